The summed E-state index contributed by atoms with van der Waals surface area (Å²) in [7, 11) is 1.70. The van der Waals surface area contributed by atoms with Crippen LogP contribution in [-0.2, 0) is 7.05 Å². The molecule has 0 aliphatic heterocycles. The lowest BCUT2D eigenvalue weighted by Gasteiger charge is -2.29. The van der Waals surface area contributed by atoms with E-state index in [1.807, 2.05) is 0 Å². The molecule has 2 aromatic carbocycles. The normalized spacial score (nSPS) is 12.2. The first-order valence-corrected chi connectivity index (χ1v) is 15.3. The van der Waals surface area contributed by atoms with Gasteiger partial charge in [-0.15, -0.1) is 0 Å². The summed E-state index contributed by atoms with van der Waals surface area (Å²) in [6, 6.07) is 20.7. The Bertz CT molecular complexity index is 971. The number of hydrogen-bond donors (Lipinski definition) is 0. The molecule has 0 N–H and O–H groups in total. The molecule has 0 amide bonds. The van der Waals surface area contributed by atoms with E-state index in [-0.39, 0.29) is 15.8 Å². The number of rotatable bonds is 8. The van der Waals surface area contributed by atoms with Gasteiger partial charge in [-0.25, -0.2) is 4.57 Å². The Balaban J connectivity index is 2.20. The number of nitrogens with zero attached hydrogens (tertiary/aromatic N) is 1. The molecule has 33 heavy (non-hydrogen) atoms. The summed E-state index contributed by atoms with van der Waals surface area (Å²) in [5.74, 6) is 0. The van der Waals surface area contributed by atoms with Gasteiger partial charge in [0.05, 0.1) is 0 Å². The van der Waals surface area contributed by atoms with Crippen LogP contribution in [-0.4, -0.2) is 22.6 Å². The molecule has 0 bridgehead atoms. The maximum Gasteiger partial charge on any atom is 0.176 e. The van der Waals surface area contributed by atoms with Crippen LogP contribution in [0.2, 0.25) is 0 Å². The quantitative estimate of drug-likeness (QED) is 0.231. The van der Waals surface area contributed by atoms with E-state index in [1.165, 1.54) is 32.9 Å². The third-order valence-corrected chi connectivity index (χ3v) is 12.6. The largest absolute Gasteiger partial charge is 0.207 e. The van der Waals surface area contributed by atoms with Crippen LogP contribution in [0.3, 0.4) is 0 Å². The maximum absolute atomic E-state index is 2.43. The SMILES string of the molecule is CC(C)P(c1ccccc1-c1cc(-c2ccccc2P(C(C)C)C(C)C)c[n+](C)c1)C(C)C. The molecule has 176 valence electrons. The number of aromatic nitrogens is 1. The van der Waals surface area contributed by atoms with E-state index in [9.17, 15) is 0 Å². The summed E-state index contributed by atoms with van der Waals surface area (Å²) in [4.78, 5) is 0. The van der Waals surface area contributed by atoms with Crippen molar-refractivity contribution < 1.29 is 4.57 Å². The fourth-order valence-corrected chi connectivity index (χ4v) is 11.3. The van der Waals surface area contributed by atoms with Crippen LogP contribution >= 0.6 is 15.8 Å². The van der Waals surface area contributed by atoms with Crippen LogP contribution in [0, 0.1) is 0 Å². The molecule has 1 heterocycles. The van der Waals surface area contributed by atoms with Crippen LogP contribution in [0.5, 0.6) is 0 Å². The fourth-order valence-electron chi connectivity index (χ4n) is 5.20. The predicted molar refractivity (Wildman–Crippen MR) is 152 cm³/mol. The number of pyridine rings is 1. The van der Waals surface area contributed by atoms with Crippen molar-refractivity contribution in [2.75, 3.05) is 0 Å². The molecule has 0 atom stereocenters. The average molecular weight is 479 g/mol. The standard InChI is InChI=1S/C30H42NP2/c1-21(2)32(22(3)4)29-16-12-10-14-27(29)25-18-26(20-31(9)19-25)28-15-11-13-17-30(28)33(23(5)6)24(7)8/h10-24H,1-9H3/q+1. The highest BCUT2D eigenvalue weighted by Crippen LogP contribution is 2.48. The minimum Gasteiger partial charge on any atom is -0.207 e. The first-order valence-electron chi connectivity index (χ1n) is 12.4. The van der Waals surface area contributed by atoms with Gasteiger partial charge in [0.25, 0.3) is 0 Å². The van der Waals surface area contributed by atoms with Crippen molar-refractivity contribution in [2.45, 2.75) is 78.0 Å². The highest BCUT2D eigenvalue weighted by Gasteiger charge is 2.25. The molecule has 0 fully saturated rings. The summed E-state index contributed by atoms with van der Waals surface area (Å²) in [6.45, 7) is 19.1. The Morgan fingerprint density at radius 2 is 0.879 bits per heavy atom. The van der Waals surface area contributed by atoms with E-state index in [0.717, 1.165) is 0 Å². The van der Waals surface area contributed by atoms with Gasteiger partial charge in [-0.2, -0.15) is 0 Å². The molecule has 3 aromatic rings. The highest BCUT2D eigenvalue weighted by molar-refractivity contribution is 7.67. The summed E-state index contributed by atoms with van der Waals surface area (Å²) in [6.07, 6.45) is 4.60. The van der Waals surface area contributed by atoms with Crippen molar-refractivity contribution in [3.63, 3.8) is 0 Å². The Morgan fingerprint density at radius 3 is 1.21 bits per heavy atom. The van der Waals surface area contributed by atoms with E-state index in [1.54, 1.807) is 0 Å². The summed E-state index contributed by atoms with van der Waals surface area (Å²) in [5, 5.41) is 3.07. The third kappa shape index (κ3) is 5.93. The lowest BCUT2D eigenvalue weighted by molar-refractivity contribution is -0.670. The molecule has 1 aromatic heterocycles. The first kappa shape index (κ1) is 26.1. The Labute approximate surface area is 205 Å². The molecular weight excluding hydrogens is 436 g/mol. The van der Waals surface area contributed by atoms with Crippen molar-refractivity contribution in [3.05, 3.63) is 67.0 Å². The van der Waals surface area contributed by atoms with Crippen LogP contribution in [0.1, 0.15) is 55.4 Å². The first-order chi connectivity index (χ1) is 15.6. The lowest BCUT2D eigenvalue weighted by Crippen LogP contribution is -2.28. The van der Waals surface area contributed by atoms with Crippen LogP contribution < -0.4 is 15.2 Å². The maximum atomic E-state index is 2.43. The van der Waals surface area contributed by atoms with Crippen LogP contribution in [0.4, 0.5) is 0 Å². The minimum atomic E-state index is -0.232. The smallest absolute Gasteiger partial charge is 0.176 e. The molecule has 0 radical (unpaired) electrons. The zero-order chi connectivity index (χ0) is 24.3. The van der Waals surface area contributed by atoms with E-state index in [4.69, 9.17) is 0 Å². The zero-order valence-electron chi connectivity index (χ0n) is 22.0. The molecule has 3 heteroatoms. The molecule has 0 saturated heterocycles. The van der Waals surface area contributed by atoms with Crippen molar-refractivity contribution in [1.82, 2.24) is 0 Å². The third-order valence-electron chi connectivity index (χ3n) is 6.21. The van der Waals surface area contributed by atoms with E-state index in [2.05, 4.69) is 134 Å². The highest BCUT2D eigenvalue weighted by atomic mass is 31.1. The van der Waals surface area contributed by atoms with Gasteiger partial charge in [-0.05, 0) is 50.4 Å². The van der Waals surface area contributed by atoms with Crippen LogP contribution in [0.25, 0.3) is 22.3 Å². The molecule has 0 unspecified atom stereocenters. The molecule has 0 aliphatic carbocycles. The van der Waals surface area contributed by atoms with Gasteiger partial charge >= 0.3 is 0 Å². The van der Waals surface area contributed by atoms with Gasteiger partial charge in [0.15, 0.2) is 12.4 Å². The fraction of sp³-hybridized carbons (Fsp3) is 0.433. The summed E-state index contributed by atoms with van der Waals surface area (Å²) >= 11 is 0. The molecule has 3 rings (SSSR count). The van der Waals surface area contributed by atoms with Gasteiger partial charge in [0, 0.05) is 11.1 Å². The molecule has 0 saturated carbocycles. The molecule has 1 nitrogen and oxygen atoms in total. The number of hydrogen-bond acceptors (Lipinski definition) is 0. The topological polar surface area (TPSA) is 3.88 Å². The molecule has 0 aliphatic rings. The van der Waals surface area contributed by atoms with Gasteiger partial charge < -0.3 is 0 Å². The average Bonchev–Trinajstić information content (AvgIpc) is 2.73. The van der Waals surface area contributed by atoms with Gasteiger partial charge in [0.2, 0.25) is 0 Å². The summed E-state index contributed by atoms with van der Waals surface area (Å²) in [5.41, 5.74) is 8.12. The second-order valence-corrected chi connectivity index (χ2v) is 16.9. The van der Waals surface area contributed by atoms with Crippen molar-refractivity contribution in [1.29, 1.82) is 0 Å². The number of benzene rings is 2. The van der Waals surface area contributed by atoms with Crippen LogP contribution in [0.15, 0.2) is 67.0 Å². The number of aryl methyl sites for hydroxylation is 1. The van der Waals surface area contributed by atoms with Crippen molar-refractivity contribution in [3.8, 4) is 22.3 Å². The van der Waals surface area contributed by atoms with Crippen molar-refractivity contribution >= 4 is 26.5 Å². The predicted octanol–water partition coefficient (Wildman–Crippen LogP) is 7.69. The van der Waals surface area contributed by atoms with Gasteiger partial charge in [-0.3, -0.25) is 0 Å². The Morgan fingerprint density at radius 1 is 0.545 bits per heavy atom. The van der Waals surface area contributed by atoms with E-state index >= 15 is 0 Å². The summed E-state index contributed by atoms with van der Waals surface area (Å²) < 4.78 is 2.25. The van der Waals surface area contributed by atoms with E-state index in [0.29, 0.717) is 22.6 Å². The van der Waals surface area contributed by atoms with Crippen molar-refractivity contribution in [2.24, 2.45) is 7.05 Å². The Hall–Kier alpha value is -1.55. The second kappa shape index (κ2) is 11.3. The Kier molecular flexibility index (Phi) is 8.89. The second-order valence-electron chi connectivity index (χ2n) is 10.2. The monoisotopic (exact) mass is 478 g/mol. The van der Waals surface area contributed by atoms with Gasteiger partial charge in [0.1, 0.15) is 7.05 Å². The lowest BCUT2D eigenvalue weighted by atomic mass is 10.0. The zero-order valence-corrected chi connectivity index (χ0v) is 23.8. The molecular formula is C30H42NP2+. The van der Waals surface area contributed by atoms with Gasteiger partial charge in [-0.1, -0.05) is 120 Å². The minimum absolute atomic E-state index is 0.232. The van der Waals surface area contributed by atoms with E-state index < -0.39 is 0 Å². The molecule has 0 spiro atoms.